The van der Waals surface area contributed by atoms with E-state index in [-0.39, 0.29) is 0 Å². The number of rotatable bonds is 2. The van der Waals surface area contributed by atoms with E-state index in [0.29, 0.717) is 0 Å². The number of benzene rings is 1. The Labute approximate surface area is 128 Å². The fourth-order valence-electron chi connectivity index (χ4n) is 2.49. The summed E-state index contributed by atoms with van der Waals surface area (Å²) in [4.78, 5) is 4.60. The molecule has 1 aliphatic heterocycles. The van der Waals surface area contributed by atoms with Gasteiger partial charge in [-0.15, -0.1) is 0 Å². The number of anilines is 1. The maximum Gasteiger partial charge on any atom is 0.169 e. The maximum atomic E-state index is 5.37. The van der Waals surface area contributed by atoms with Gasteiger partial charge in [0.25, 0.3) is 0 Å². The van der Waals surface area contributed by atoms with Crippen LogP contribution in [-0.4, -0.2) is 47.1 Å². The molecule has 1 saturated heterocycles. The van der Waals surface area contributed by atoms with Crippen molar-refractivity contribution >= 4 is 44.8 Å². The molecule has 6 heteroatoms. The topological polar surface area (TPSA) is 31.4 Å². The first-order chi connectivity index (χ1) is 9.79. The monoisotopic (exact) mass is 306 g/mol. The van der Waals surface area contributed by atoms with Crippen LogP contribution < -0.4 is 10.2 Å². The van der Waals surface area contributed by atoms with Gasteiger partial charge < -0.3 is 15.1 Å². The molecule has 0 saturated carbocycles. The fourth-order valence-corrected chi connectivity index (χ4v) is 3.61. The lowest BCUT2D eigenvalue weighted by Gasteiger charge is -2.36. The highest BCUT2D eigenvalue weighted by Gasteiger charge is 2.21. The summed E-state index contributed by atoms with van der Waals surface area (Å²) in [5.41, 5.74) is 0. The van der Waals surface area contributed by atoms with Crippen LogP contribution in [0.3, 0.4) is 0 Å². The van der Waals surface area contributed by atoms with Crippen LogP contribution in [0.5, 0.6) is 0 Å². The summed E-state index contributed by atoms with van der Waals surface area (Å²) >= 11 is 6.95. The minimum absolute atomic E-state index is 0.871. The lowest BCUT2D eigenvalue weighted by Crippen LogP contribution is -2.51. The summed E-state index contributed by atoms with van der Waals surface area (Å²) in [5.74, 6) is 1.12. The Balaban J connectivity index is 1.70. The number of fused-ring (bicyclic) bond motifs is 1. The number of piperazine rings is 1. The molecule has 0 radical (unpaired) electrons. The van der Waals surface area contributed by atoms with E-state index in [2.05, 4.69) is 50.7 Å². The fraction of sp³-hybridized carbons (Fsp3) is 0.429. The predicted molar refractivity (Wildman–Crippen MR) is 89.7 cm³/mol. The molecule has 0 bridgehead atoms. The Morgan fingerprint density at radius 1 is 1.30 bits per heavy atom. The van der Waals surface area contributed by atoms with Crippen molar-refractivity contribution in [3.05, 3.63) is 24.3 Å². The molecule has 1 aromatic heterocycles. The molecule has 0 unspecified atom stereocenters. The molecule has 2 heterocycles. The SMILES string of the molecule is CCNC(=S)N1CCN(c2nsc3ccccc23)CC1. The molecule has 106 valence electrons. The molecule has 1 aliphatic rings. The molecule has 20 heavy (non-hydrogen) atoms. The summed E-state index contributed by atoms with van der Waals surface area (Å²) in [6.45, 7) is 6.81. The van der Waals surface area contributed by atoms with Gasteiger partial charge in [0, 0.05) is 38.1 Å². The van der Waals surface area contributed by atoms with Crippen LogP contribution in [-0.2, 0) is 0 Å². The van der Waals surface area contributed by atoms with E-state index in [0.717, 1.165) is 43.7 Å². The largest absolute Gasteiger partial charge is 0.363 e. The van der Waals surface area contributed by atoms with Crippen LogP contribution in [0.2, 0.25) is 0 Å². The van der Waals surface area contributed by atoms with E-state index < -0.39 is 0 Å². The number of aromatic nitrogens is 1. The summed E-state index contributed by atoms with van der Waals surface area (Å²) < 4.78 is 5.88. The van der Waals surface area contributed by atoms with Gasteiger partial charge in [-0.3, -0.25) is 0 Å². The van der Waals surface area contributed by atoms with Gasteiger partial charge in [-0.1, -0.05) is 12.1 Å². The first kappa shape index (κ1) is 13.6. The van der Waals surface area contributed by atoms with Crippen molar-refractivity contribution in [2.24, 2.45) is 0 Å². The van der Waals surface area contributed by atoms with Crippen LogP contribution in [0, 0.1) is 0 Å². The summed E-state index contributed by atoms with van der Waals surface area (Å²) in [6, 6.07) is 8.44. The van der Waals surface area contributed by atoms with Crippen molar-refractivity contribution in [3.63, 3.8) is 0 Å². The Bertz CT molecular complexity index is 602. The normalized spacial score (nSPS) is 15.7. The molecule has 2 aromatic rings. The summed E-state index contributed by atoms with van der Waals surface area (Å²) in [7, 11) is 0. The number of hydrogen-bond acceptors (Lipinski definition) is 4. The highest BCUT2D eigenvalue weighted by Crippen LogP contribution is 2.29. The van der Waals surface area contributed by atoms with Gasteiger partial charge in [-0.2, -0.15) is 4.37 Å². The van der Waals surface area contributed by atoms with Gasteiger partial charge in [0.2, 0.25) is 0 Å². The Morgan fingerprint density at radius 3 is 2.80 bits per heavy atom. The van der Waals surface area contributed by atoms with E-state index in [4.69, 9.17) is 12.2 Å². The minimum Gasteiger partial charge on any atom is -0.363 e. The summed E-state index contributed by atoms with van der Waals surface area (Å²) in [6.07, 6.45) is 0. The molecule has 1 fully saturated rings. The van der Waals surface area contributed by atoms with E-state index in [1.807, 2.05) is 0 Å². The smallest absolute Gasteiger partial charge is 0.169 e. The minimum atomic E-state index is 0.871. The molecule has 0 atom stereocenters. The molecule has 0 aliphatic carbocycles. The first-order valence-corrected chi connectivity index (χ1v) is 8.10. The predicted octanol–water partition coefficient (Wildman–Crippen LogP) is 2.31. The summed E-state index contributed by atoms with van der Waals surface area (Å²) in [5, 5.41) is 5.35. The lowest BCUT2D eigenvalue weighted by atomic mass is 10.2. The van der Waals surface area contributed by atoms with Gasteiger partial charge in [0.15, 0.2) is 5.11 Å². The number of hydrogen-bond donors (Lipinski definition) is 1. The zero-order valence-electron chi connectivity index (χ0n) is 11.5. The second kappa shape index (κ2) is 5.93. The second-order valence-corrected chi connectivity index (χ2v) is 6.00. The van der Waals surface area contributed by atoms with Gasteiger partial charge in [-0.05, 0) is 42.8 Å². The Hall–Kier alpha value is -1.40. The highest BCUT2D eigenvalue weighted by atomic mass is 32.1. The maximum absolute atomic E-state index is 5.37. The van der Waals surface area contributed by atoms with E-state index in [9.17, 15) is 0 Å². The number of thiocarbonyl (C=S) groups is 1. The van der Waals surface area contributed by atoms with Gasteiger partial charge in [0.1, 0.15) is 5.82 Å². The zero-order valence-corrected chi connectivity index (χ0v) is 13.1. The van der Waals surface area contributed by atoms with Crippen molar-refractivity contribution in [3.8, 4) is 0 Å². The van der Waals surface area contributed by atoms with Crippen molar-refractivity contribution in [1.29, 1.82) is 0 Å². The number of nitrogens with one attached hydrogen (secondary N) is 1. The highest BCUT2D eigenvalue weighted by molar-refractivity contribution is 7.80. The molecule has 0 spiro atoms. The van der Waals surface area contributed by atoms with Crippen LogP contribution in [0.25, 0.3) is 10.1 Å². The van der Waals surface area contributed by atoms with Crippen molar-refractivity contribution in [2.75, 3.05) is 37.6 Å². The third kappa shape index (κ3) is 2.58. The van der Waals surface area contributed by atoms with Gasteiger partial charge in [0.05, 0.1) is 4.70 Å². The first-order valence-electron chi connectivity index (χ1n) is 6.91. The molecular weight excluding hydrogens is 288 g/mol. The van der Waals surface area contributed by atoms with E-state index >= 15 is 0 Å². The third-order valence-corrected chi connectivity index (χ3v) is 4.77. The molecular formula is C14H18N4S2. The van der Waals surface area contributed by atoms with Gasteiger partial charge >= 0.3 is 0 Å². The van der Waals surface area contributed by atoms with Crippen LogP contribution >= 0.6 is 23.8 Å². The third-order valence-electron chi connectivity index (χ3n) is 3.55. The average Bonchev–Trinajstić information content (AvgIpc) is 2.92. The Kier molecular flexibility index (Phi) is 4.03. The molecule has 4 nitrogen and oxygen atoms in total. The Morgan fingerprint density at radius 2 is 2.05 bits per heavy atom. The van der Waals surface area contributed by atoms with Crippen molar-refractivity contribution < 1.29 is 0 Å². The van der Waals surface area contributed by atoms with Crippen molar-refractivity contribution in [1.82, 2.24) is 14.6 Å². The van der Waals surface area contributed by atoms with Crippen LogP contribution in [0.15, 0.2) is 24.3 Å². The standard InChI is InChI=1S/C14H18N4S2/c1-2-15-14(19)18-9-7-17(8-10-18)13-11-5-3-4-6-12(11)20-16-13/h3-6H,2,7-10H2,1H3,(H,15,19). The van der Waals surface area contributed by atoms with Crippen LogP contribution in [0.4, 0.5) is 5.82 Å². The molecule has 1 N–H and O–H groups in total. The van der Waals surface area contributed by atoms with Crippen LogP contribution in [0.1, 0.15) is 6.92 Å². The second-order valence-electron chi connectivity index (χ2n) is 4.81. The van der Waals surface area contributed by atoms with E-state index in [1.165, 1.54) is 10.1 Å². The number of nitrogens with zero attached hydrogens (tertiary/aromatic N) is 3. The van der Waals surface area contributed by atoms with Gasteiger partial charge in [-0.25, -0.2) is 0 Å². The van der Waals surface area contributed by atoms with E-state index in [1.54, 1.807) is 11.5 Å². The molecule has 1 aromatic carbocycles. The lowest BCUT2D eigenvalue weighted by molar-refractivity contribution is 0.380. The zero-order chi connectivity index (χ0) is 13.9. The average molecular weight is 306 g/mol. The van der Waals surface area contributed by atoms with Crippen molar-refractivity contribution in [2.45, 2.75) is 6.92 Å². The molecule has 0 amide bonds. The quantitative estimate of drug-likeness (QED) is 0.861. The molecule has 3 rings (SSSR count).